The second kappa shape index (κ2) is 4.49. The van der Waals surface area contributed by atoms with Crippen LogP contribution in [0.5, 0.6) is 0 Å². The molecule has 0 bridgehead atoms. The summed E-state index contributed by atoms with van der Waals surface area (Å²) in [6.07, 6.45) is 3.25. The zero-order chi connectivity index (χ0) is 13.5. The fraction of sp³-hybridized carbons (Fsp3) is 0.357. The SMILES string of the molecule is Nc1ccc2ncc(C3CCS(=O)(=O)CC3)cc2c1. The van der Waals surface area contributed by atoms with Gasteiger partial charge in [-0.15, -0.1) is 0 Å². The molecule has 0 radical (unpaired) electrons. The van der Waals surface area contributed by atoms with E-state index in [0.29, 0.717) is 18.8 Å². The Hall–Kier alpha value is -1.62. The highest BCUT2D eigenvalue weighted by atomic mass is 32.2. The largest absolute Gasteiger partial charge is 0.399 e. The van der Waals surface area contributed by atoms with Gasteiger partial charge in [0.25, 0.3) is 0 Å². The number of rotatable bonds is 1. The van der Waals surface area contributed by atoms with Crippen LogP contribution < -0.4 is 5.73 Å². The van der Waals surface area contributed by atoms with Crippen molar-refractivity contribution >= 4 is 26.4 Å². The number of hydrogen-bond donors (Lipinski definition) is 1. The van der Waals surface area contributed by atoms with Crippen molar-refractivity contribution in [3.8, 4) is 0 Å². The quantitative estimate of drug-likeness (QED) is 0.810. The number of hydrogen-bond acceptors (Lipinski definition) is 4. The highest BCUT2D eigenvalue weighted by Crippen LogP contribution is 2.30. The fourth-order valence-electron chi connectivity index (χ4n) is 2.61. The van der Waals surface area contributed by atoms with Crippen molar-refractivity contribution < 1.29 is 8.42 Å². The van der Waals surface area contributed by atoms with Crippen molar-refractivity contribution in [1.29, 1.82) is 0 Å². The lowest BCUT2D eigenvalue weighted by Crippen LogP contribution is -2.22. The van der Waals surface area contributed by atoms with Gasteiger partial charge in [-0.1, -0.05) is 0 Å². The number of nitrogens with two attached hydrogens (primary N) is 1. The molecule has 100 valence electrons. The van der Waals surface area contributed by atoms with Gasteiger partial charge in [0.2, 0.25) is 0 Å². The number of pyridine rings is 1. The van der Waals surface area contributed by atoms with Crippen molar-refractivity contribution in [2.75, 3.05) is 17.2 Å². The molecule has 19 heavy (non-hydrogen) atoms. The Kier molecular flexibility index (Phi) is 2.93. The third-order valence-electron chi connectivity index (χ3n) is 3.75. The topological polar surface area (TPSA) is 73.0 Å². The van der Waals surface area contributed by atoms with Crippen molar-refractivity contribution in [3.05, 3.63) is 36.0 Å². The summed E-state index contributed by atoms with van der Waals surface area (Å²) in [6, 6.07) is 7.73. The molecule has 2 N–H and O–H groups in total. The van der Waals surface area contributed by atoms with E-state index < -0.39 is 9.84 Å². The highest BCUT2D eigenvalue weighted by molar-refractivity contribution is 7.91. The van der Waals surface area contributed by atoms with Crippen LogP contribution in [-0.2, 0) is 9.84 Å². The van der Waals surface area contributed by atoms with Gasteiger partial charge in [-0.05, 0) is 48.6 Å². The van der Waals surface area contributed by atoms with E-state index in [4.69, 9.17) is 5.73 Å². The predicted octanol–water partition coefficient (Wildman–Crippen LogP) is 2.11. The molecule has 1 fully saturated rings. The number of sulfone groups is 1. The zero-order valence-corrected chi connectivity index (χ0v) is 11.4. The van der Waals surface area contributed by atoms with Crippen molar-refractivity contribution in [1.82, 2.24) is 4.98 Å². The molecule has 2 heterocycles. The number of fused-ring (bicyclic) bond motifs is 1. The first-order valence-electron chi connectivity index (χ1n) is 6.39. The van der Waals surface area contributed by atoms with Crippen LogP contribution in [0.15, 0.2) is 30.5 Å². The summed E-state index contributed by atoms with van der Waals surface area (Å²) in [5, 5.41) is 1.02. The third-order valence-corrected chi connectivity index (χ3v) is 5.47. The van der Waals surface area contributed by atoms with Crippen LogP contribution in [0, 0.1) is 0 Å². The molecular formula is C14H16N2O2S. The lowest BCUT2D eigenvalue weighted by Gasteiger charge is -2.22. The average Bonchev–Trinajstić information content (AvgIpc) is 2.38. The van der Waals surface area contributed by atoms with E-state index in [-0.39, 0.29) is 11.5 Å². The van der Waals surface area contributed by atoms with E-state index in [1.54, 1.807) is 0 Å². The van der Waals surface area contributed by atoms with E-state index in [1.165, 1.54) is 0 Å². The van der Waals surface area contributed by atoms with Crippen LogP contribution in [0.4, 0.5) is 5.69 Å². The van der Waals surface area contributed by atoms with E-state index in [9.17, 15) is 8.42 Å². The molecule has 0 aliphatic carbocycles. The first kappa shape index (κ1) is 12.4. The van der Waals surface area contributed by atoms with Crippen LogP contribution in [-0.4, -0.2) is 24.9 Å². The van der Waals surface area contributed by atoms with Crippen LogP contribution in [0.1, 0.15) is 24.3 Å². The maximum atomic E-state index is 11.5. The molecule has 4 nitrogen and oxygen atoms in total. The van der Waals surface area contributed by atoms with Gasteiger partial charge in [0.1, 0.15) is 9.84 Å². The van der Waals surface area contributed by atoms with Gasteiger partial charge in [0.05, 0.1) is 17.0 Å². The Morgan fingerprint density at radius 1 is 1.16 bits per heavy atom. The molecule has 0 unspecified atom stereocenters. The molecule has 2 aromatic rings. The molecule has 0 spiro atoms. The molecule has 1 aromatic heterocycles. The molecule has 1 saturated heterocycles. The highest BCUT2D eigenvalue weighted by Gasteiger charge is 2.24. The summed E-state index contributed by atoms with van der Waals surface area (Å²) in [5.74, 6) is 0.862. The van der Waals surface area contributed by atoms with Crippen LogP contribution >= 0.6 is 0 Å². The van der Waals surface area contributed by atoms with Gasteiger partial charge < -0.3 is 5.73 Å². The fourth-order valence-corrected chi connectivity index (χ4v) is 4.11. The Balaban J connectivity index is 1.93. The zero-order valence-electron chi connectivity index (χ0n) is 10.5. The minimum absolute atomic E-state index is 0.284. The van der Waals surface area contributed by atoms with Gasteiger partial charge in [-0.3, -0.25) is 4.98 Å². The number of nitrogens with zero attached hydrogens (tertiary/aromatic N) is 1. The van der Waals surface area contributed by atoms with E-state index >= 15 is 0 Å². The standard InChI is InChI=1S/C14H16N2O2S/c15-13-1-2-14-11(8-13)7-12(9-16-14)10-3-5-19(17,18)6-4-10/h1-2,7-10H,3-6,15H2. The van der Waals surface area contributed by atoms with Gasteiger partial charge in [-0.25, -0.2) is 8.42 Å². The van der Waals surface area contributed by atoms with Gasteiger partial charge >= 0.3 is 0 Å². The van der Waals surface area contributed by atoms with E-state index in [2.05, 4.69) is 11.1 Å². The molecule has 5 heteroatoms. The molecule has 1 aliphatic heterocycles. The first-order chi connectivity index (χ1) is 9.03. The summed E-state index contributed by atoms with van der Waals surface area (Å²) < 4.78 is 22.9. The maximum Gasteiger partial charge on any atom is 0.150 e. The molecular weight excluding hydrogens is 260 g/mol. The smallest absolute Gasteiger partial charge is 0.150 e. The van der Waals surface area contributed by atoms with Crippen molar-refractivity contribution in [3.63, 3.8) is 0 Å². The molecule has 3 rings (SSSR count). The van der Waals surface area contributed by atoms with Crippen LogP contribution in [0.3, 0.4) is 0 Å². The monoisotopic (exact) mass is 276 g/mol. The van der Waals surface area contributed by atoms with Gasteiger partial charge in [0, 0.05) is 17.3 Å². The minimum atomic E-state index is -2.81. The molecule has 1 aromatic carbocycles. The average molecular weight is 276 g/mol. The van der Waals surface area contributed by atoms with Crippen molar-refractivity contribution in [2.24, 2.45) is 0 Å². The normalized spacial score (nSPS) is 19.6. The third kappa shape index (κ3) is 2.56. The van der Waals surface area contributed by atoms with Crippen LogP contribution in [0.25, 0.3) is 10.9 Å². The molecule has 0 saturated carbocycles. The predicted molar refractivity (Wildman–Crippen MR) is 76.8 cm³/mol. The first-order valence-corrected chi connectivity index (χ1v) is 8.21. The Labute approximate surface area is 112 Å². The minimum Gasteiger partial charge on any atom is -0.399 e. The Morgan fingerprint density at radius 3 is 2.63 bits per heavy atom. The van der Waals surface area contributed by atoms with Gasteiger partial charge in [-0.2, -0.15) is 0 Å². The lowest BCUT2D eigenvalue weighted by molar-refractivity contribution is 0.550. The summed E-state index contributed by atoms with van der Waals surface area (Å²) in [6.45, 7) is 0. The second-order valence-corrected chi connectivity index (χ2v) is 7.45. The number of aromatic nitrogens is 1. The summed E-state index contributed by atoms with van der Waals surface area (Å²) in [7, 11) is -2.81. The van der Waals surface area contributed by atoms with Crippen LogP contribution in [0.2, 0.25) is 0 Å². The number of benzene rings is 1. The number of anilines is 1. The van der Waals surface area contributed by atoms with Crippen molar-refractivity contribution in [2.45, 2.75) is 18.8 Å². The second-order valence-electron chi connectivity index (χ2n) is 5.15. The lowest BCUT2D eigenvalue weighted by atomic mass is 9.94. The molecule has 0 amide bonds. The Bertz CT molecular complexity index is 711. The number of nitrogen functional groups attached to an aromatic ring is 1. The Morgan fingerprint density at radius 2 is 1.89 bits per heavy atom. The summed E-state index contributed by atoms with van der Waals surface area (Å²) >= 11 is 0. The van der Waals surface area contributed by atoms with E-state index in [0.717, 1.165) is 22.2 Å². The van der Waals surface area contributed by atoms with E-state index in [1.807, 2.05) is 24.4 Å². The maximum absolute atomic E-state index is 11.5. The van der Waals surface area contributed by atoms with Gasteiger partial charge in [0.15, 0.2) is 0 Å². The summed E-state index contributed by atoms with van der Waals surface area (Å²) in [5.41, 5.74) is 8.54. The molecule has 0 atom stereocenters. The molecule has 1 aliphatic rings. The summed E-state index contributed by atoms with van der Waals surface area (Å²) in [4.78, 5) is 4.43.